The molecule has 0 saturated heterocycles. The number of hydrogen-bond acceptors (Lipinski definition) is 4. The lowest BCUT2D eigenvalue weighted by Crippen LogP contribution is -2.47. The SMILES string of the molecule is Cn1cnnc1C(c1cccc(N2Cc3c(cc(CNC4(C)CCC4)cc3C(F)(F)F)C2=O)c1)[C@H]1C[C@H](F)C1. The van der Waals surface area contributed by atoms with Crippen molar-refractivity contribution in [3.63, 3.8) is 0 Å². The predicted molar refractivity (Wildman–Crippen MR) is 138 cm³/mol. The second-order valence-corrected chi connectivity index (χ2v) is 11.5. The van der Waals surface area contributed by atoms with Gasteiger partial charge in [0.1, 0.15) is 18.3 Å². The zero-order chi connectivity index (χ0) is 27.5. The van der Waals surface area contributed by atoms with E-state index in [2.05, 4.69) is 22.4 Å². The van der Waals surface area contributed by atoms with Crippen molar-refractivity contribution >= 4 is 11.6 Å². The van der Waals surface area contributed by atoms with Crippen molar-refractivity contribution in [3.05, 3.63) is 76.4 Å². The van der Waals surface area contributed by atoms with Gasteiger partial charge in [0.15, 0.2) is 0 Å². The Morgan fingerprint density at radius 2 is 1.95 bits per heavy atom. The lowest BCUT2D eigenvalue weighted by atomic mass is 9.71. The first-order chi connectivity index (χ1) is 18.5. The molecular weight excluding hydrogens is 510 g/mol. The molecular formula is C29H31F4N5O. The number of aryl methyl sites for hydroxylation is 1. The summed E-state index contributed by atoms with van der Waals surface area (Å²) in [7, 11) is 1.83. The largest absolute Gasteiger partial charge is 0.416 e. The highest BCUT2D eigenvalue weighted by molar-refractivity contribution is 6.10. The molecule has 1 atom stereocenters. The first-order valence-corrected chi connectivity index (χ1v) is 13.4. The second-order valence-electron chi connectivity index (χ2n) is 11.5. The Bertz CT molecular complexity index is 1410. The van der Waals surface area contributed by atoms with E-state index in [4.69, 9.17) is 0 Å². The summed E-state index contributed by atoms with van der Waals surface area (Å²) in [5, 5.41) is 11.6. The molecule has 0 spiro atoms. The normalized spacial score (nSPS) is 22.8. The number of alkyl halides is 4. The quantitative estimate of drug-likeness (QED) is 0.378. The van der Waals surface area contributed by atoms with E-state index in [0.29, 0.717) is 29.9 Å². The summed E-state index contributed by atoms with van der Waals surface area (Å²) in [4.78, 5) is 15.0. The molecule has 2 fully saturated rings. The van der Waals surface area contributed by atoms with Crippen LogP contribution in [0.15, 0.2) is 42.7 Å². The summed E-state index contributed by atoms with van der Waals surface area (Å²) in [5.74, 6) is 0.0265. The van der Waals surface area contributed by atoms with Crippen molar-refractivity contribution < 1.29 is 22.4 Å². The highest BCUT2D eigenvalue weighted by atomic mass is 19.4. The fourth-order valence-corrected chi connectivity index (χ4v) is 6.18. The highest BCUT2D eigenvalue weighted by Gasteiger charge is 2.42. The van der Waals surface area contributed by atoms with Crippen LogP contribution in [0.2, 0.25) is 0 Å². The van der Waals surface area contributed by atoms with Crippen molar-refractivity contribution in [2.45, 2.75) is 75.9 Å². The minimum Gasteiger partial charge on any atom is -0.320 e. The van der Waals surface area contributed by atoms with Crippen LogP contribution in [0.4, 0.5) is 23.2 Å². The van der Waals surface area contributed by atoms with E-state index < -0.39 is 23.8 Å². The summed E-state index contributed by atoms with van der Waals surface area (Å²) < 4.78 is 58.1. The third kappa shape index (κ3) is 4.73. The summed E-state index contributed by atoms with van der Waals surface area (Å²) >= 11 is 0. The molecule has 6 nitrogen and oxygen atoms in total. The lowest BCUT2D eigenvalue weighted by Gasteiger charge is -2.39. The van der Waals surface area contributed by atoms with Gasteiger partial charge in [-0.15, -0.1) is 10.2 Å². The van der Waals surface area contributed by atoms with Gasteiger partial charge in [-0.2, -0.15) is 13.2 Å². The maximum Gasteiger partial charge on any atom is 0.416 e. The molecule has 0 bridgehead atoms. The molecule has 2 aromatic carbocycles. The molecule has 1 aromatic heterocycles. The van der Waals surface area contributed by atoms with Gasteiger partial charge in [-0.25, -0.2) is 4.39 Å². The zero-order valence-corrected chi connectivity index (χ0v) is 21.9. The minimum absolute atomic E-state index is 0.000578. The van der Waals surface area contributed by atoms with Crippen LogP contribution in [0.5, 0.6) is 0 Å². The standard InChI is InChI=1S/C29H31F4N5O/c1-28(7-4-8-28)34-14-17-9-22-23(24(10-17)29(31,32)33)15-38(27(22)39)21-6-3-5-18(13-21)25(19-11-20(30)12-19)26-36-35-16-37(26)2/h3,5-6,9-10,13,16,19-20,25,34H,4,7-8,11-12,14-15H2,1-2H3/t19-,20-,25?. The van der Waals surface area contributed by atoms with Gasteiger partial charge in [0.25, 0.3) is 5.91 Å². The Morgan fingerprint density at radius 1 is 1.18 bits per heavy atom. The molecule has 2 saturated carbocycles. The molecule has 1 N–H and O–H groups in total. The van der Waals surface area contributed by atoms with Crippen molar-refractivity contribution in [2.24, 2.45) is 13.0 Å². The Labute approximate surface area is 224 Å². The number of carbonyl (C=O) groups is 1. The van der Waals surface area contributed by atoms with Gasteiger partial charge >= 0.3 is 6.18 Å². The van der Waals surface area contributed by atoms with E-state index >= 15 is 0 Å². The molecule has 3 aromatic rings. The van der Waals surface area contributed by atoms with Crippen LogP contribution < -0.4 is 10.2 Å². The smallest absolute Gasteiger partial charge is 0.320 e. The molecule has 39 heavy (non-hydrogen) atoms. The molecule has 6 rings (SSSR count). The molecule has 10 heteroatoms. The minimum atomic E-state index is -4.58. The number of hydrogen-bond donors (Lipinski definition) is 1. The maximum atomic E-state index is 14.2. The number of fused-ring (bicyclic) bond motifs is 1. The van der Waals surface area contributed by atoms with Crippen LogP contribution >= 0.6 is 0 Å². The van der Waals surface area contributed by atoms with Gasteiger partial charge in [-0.1, -0.05) is 12.1 Å². The second kappa shape index (κ2) is 9.43. The maximum absolute atomic E-state index is 14.2. The average Bonchev–Trinajstić information content (AvgIpc) is 3.43. The number of amides is 1. The molecule has 2 heterocycles. The van der Waals surface area contributed by atoms with E-state index in [1.807, 2.05) is 19.2 Å². The molecule has 1 aliphatic heterocycles. The number of carbonyl (C=O) groups excluding carboxylic acids is 1. The van der Waals surface area contributed by atoms with Crippen LogP contribution in [0, 0.1) is 5.92 Å². The Kier molecular flexibility index (Phi) is 6.28. The Balaban J connectivity index is 1.33. The van der Waals surface area contributed by atoms with Crippen molar-refractivity contribution in [1.82, 2.24) is 20.1 Å². The van der Waals surface area contributed by atoms with E-state index in [0.717, 1.165) is 24.8 Å². The molecule has 206 valence electrons. The monoisotopic (exact) mass is 541 g/mol. The van der Waals surface area contributed by atoms with E-state index in [1.54, 1.807) is 29.1 Å². The van der Waals surface area contributed by atoms with E-state index in [1.165, 1.54) is 11.0 Å². The molecule has 0 radical (unpaired) electrons. The number of benzene rings is 2. The summed E-state index contributed by atoms with van der Waals surface area (Å²) in [5.41, 5.74) is 1.05. The number of nitrogens with one attached hydrogen (secondary N) is 1. The van der Waals surface area contributed by atoms with Gasteiger partial charge in [0.2, 0.25) is 0 Å². The fraction of sp³-hybridized carbons (Fsp3) is 0.483. The molecule has 3 aliphatic rings. The average molecular weight is 542 g/mol. The van der Waals surface area contributed by atoms with Gasteiger partial charge < -0.3 is 14.8 Å². The lowest BCUT2D eigenvalue weighted by molar-refractivity contribution is -0.138. The Hall–Kier alpha value is -3.27. The number of rotatable bonds is 7. The van der Waals surface area contributed by atoms with Crippen molar-refractivity contribution in [3.8, 4) is 0 Å². The van der Waals surface area contributed by atoms with Crippen LogP contribution in [0.1, 0.15) is 83.4 Å². The third-order valence-corrected chi connectivity index (χ3v) is 8.74. The number of aromatic nitrogens is 3. The third-order valence-electron chi connectivity index (χ3n) is 8.74. The van der Waals surface area contributed by atoms with E-state index in [9.17, 15) is 22.4 Å². The van der Waals surface area contributed by atoms with Crippen molar-refractivity contribution in [1.29, 1.82) is 0 Å². The van der Waals surface area contributed by atoms with Gasteiger partial charge in [0.05, 0.1) is 12.1 Å². The summed E-state index contributed by atoms with van der Waals surface area (Å²) in [6.45, 7) is 2.18. The van der Waals surface area contributed by atoms with Crippen LogP contribution in [0.3, 0.4) is 0 Å². The van der Waals surface area contributed by atoms with Gasteiger partial charge in [-0.3, -0.25) is 4.79 Å². The van der Waals surface area contributed by atoms with Gasteiger partial charge in [0, 0.05) is 36.3 Å². The number of anilines is 1. The predicted octanol–water partition coefficient (Wildman–Crippen LogP) is 5.91. The van der Waals surface area contributed by atoms with Crippen LogP contribution in [-0.4, -0.2) is 32.4 Å². The first kappa shape index (κ1) is 26.0. The van der Waals surface area contributed by atoms with Crippen molar-refractivity contribution in [2.75, 3.05) is 4.90 Å². The highest BCUT2D eigenvalue weighted by Crippen LogP contribution is 2.45. The summed E-state index contributed by atoms with van der Waals surface area (Å²) in [6.07, 6.45) is 0.0172. The van der Waals surface area contributed by atoms with E-state index in [-0.39, 0.29) is 41.6 Å². The topological polar surface area (TPSA) is 63.1 Å². The van der Waals surface area contributed by atoms with Gasteiger partial charge in [-0.05, 0) is 85.9 Å². The number of nitrogens with zero attached hydrogens (tertiary/aromatic N) is 4. The summed E-state index contributed by atoms with van der Waals surface area (Å²) in [6, 6.07) is 10.0. The zero-order valence-electron chi connectivity index (χ0n) is 21.9. The van der Waals surface area contributed by atoms with Crippen LogP contribution in [0.25, 0.3) is 0 Å². The Morgan fingerprint density at radius 3 is 2.56 bits per heavy atom. The molecule has 1 unspecified atom stereocenters. The van der Waals surface area contributed by atoms with Crippen LogP contribution in [-0.2, 0) is 26.3 Å². The first-order valence-electron chi connectivity index (χ1n) is 13.4. The molecule has 1 amide bonds. The fourth-order valence-electron chi connectivity index (χ4n) is 6.18. The number of halogens is 4. The molecule has 2 aliphatic carbocycles.